The zero-order chi connectivity index (χ0) is 45.6. The van der Waals surface area contributed by atoms with Crippen LogP contribution in [0.1, 0.15) is 77.0 Å². The van der Waals surface area contributed by atoms with Gasteiger partial charge < -0.3 is 0 Å². The van der Waals surface area contributed by atoms with Gasteiger partial charge in [-0.2, -0.15) is 0 Å². The minimum absolute atomic E-state index is 0.218. The van der Waals surface area contributed by atoms with Crippen molar-refractivity contribution in [3.63, 3.8) is 0 Å². The van der Waals surface area contributed by atoms with E-state index in [1.807, 2.05) is 24.3 Å². The van der Waals surface area contributed by atoms with Gasteiger partial charge in [-0.3, -0.25) is 0 Å². The highest BCUT2D eigenvalue weighted by Crippen LogP contribution is 2.70. The van der Waals surface area contributed by atoms with E-state index in [0.717, 1.165) is 51.4 Å². The van der Waals surface area contributed by atoms with Crippen LogP contribution in [0.15, 0.2) is 161 Å². The summed E-state index contributed by atoms with van der Waals surface area (Å²) in [5, 5.41) is 1.92. The summed E-state index contributed by atoms with van der Waals surface area (Å²) in [5.74, 6) is 0. The topological polar surface area (TPSA) is 137 Å². The number of hydrogen-bond donors (Lipinski definition) is 0. The van der Waals surface area contributed by atoms with E-state index >= 15 is 0 Å². The average molecular weight is 1020 g/mol. The molecule has 2 saturated carbocycles. The lowest BCUT2D eigenvalue weighted by Gasteiger charge is -2.44. The summed E-state index contributed by atoms with van der Waals surface area (Å²) < 4.78 is 107. The lowest BCUT2D eigenvalue weighted by molar-refractivity contribution is 0.102. The molecule has 0 aliphatic heterocycles. The van der Waals surface area contributed by atoms with E-state index in [0.29, 0.717) is 65.4 Å². The summed E-state index contributed by atoms with van der Waals surface area (Å²) in [6.45, 7) is 0. The molecule has 6 aliphatic carbocycles. The predicted molar refractivity (Wildman–Crippen MR) is 252 cm³/mol. The summed E-state index contributed by atoms with van der Waals surface area (Å²) in [5.41, 5.74) is -1.91. The zero-order valence-electron chi connectivity index (χ0n) is 34.4. The van der Waals surface area contributed by atoms with Gasteiger partial charge in [0.2, 0.25) is 39.3 Å². The first-order valence-corrected chi connectivity index (χ1v) is 28.5. The van der Waals surface area contributed by atoms with E-state index in [1.165, 1.54) is 48.5 Å². The van der Waals surface area contributed by atoms with E-state index in [2.05, 4.69) is 0 Å². The molecule has 0 bridgehead atoms. The third-order valence-electron chi connectivity index (χ3n) is 14.6. The molecular formula is C48H44Cl4O8S4. The van der Waals surface area contributed by atoms with Crippen LogP contribution >= 0.6 is 46.4 Å². The quantitative estimate of drug-likeness (QED) is 0.170. The molecule has 0 unspecified atom stereocenters. The van der Waals surface area contributed by atoms with Crippen molar-refractivity contribution in [3.8, 4) is 0 Å². The van der Waals surface area contributed by atoms with Gasteiger partial charge in [-0.1, -0.05) is 96.4 Å². The monoisotopic (exact) mass is 1020 g/mol. The highest BCUT2D eigenvalue weighted by atomic mass is 35.5. The van der Waals surface area contributed by atoms with Crippen molar-refractivity contribution in [2.45, 2.75) is 96.6 Å². The Morgan fingerprint density at radius 2 is 0.594 bits per heavy atom. The molecule has 0 radical (unpaired) electrons. The van der Waals surface area contributed by atoms with Gasteiger partial charge in [0.05, 0.1) is 19.6 Å². The Bertz CT molecular complexity index is 2940. The number of sulfone groups is 4. The van der Waals surface area contributed by atoms with E-state index in [-0.39, 0.29) is 19.6 Å². The Kier molecular flexibility index (Phi) is 11.7. The molecule has 336 valence electrons. The van der Waals surface area contributed by atoms with Gasteiger partial charge in [0, 0.05) is 56.0 Å². The van der Waals surface area contributed by atoms with E-state index in [4.69, 9.17) is 46.4 Å². The highest BCUT2D eigenvalue weighted by Gasteiger charge is 2.62. The maximum Gasteiger partial charge on any atom is 0.202 e. The molecule has 10 rings (SSSR count). The minimum atomic E-state index is -3.67. The molecule has 8 nitrogen and oxygen atoms in total. The molecule has 0 amide bonds. The highest BCUT2D eigenvalue weighted by molar-refractivity contribution is 7.96. The number of rotatable bonds is 8. The van der Waals surface area contributed by atoms with Crippen LogP contribution in [-0.4, -0.2) is 33.7 Å². The Labute approximate surface area is 395 Å². The smallest absolute Gasteiger partial charge is 0.202 e. The van der Waals surface area contributed by atoms with Crippen LogP contribution in [0.4, 0.5) is 0 Å². The first kappa shape index (κ1) is 45.9. The molecule has 16 heteroatoms. The van der Waals surface area contributed by atoms with Crippen molar-refractivity contribution in [2.24, 2.45) is 21.7 Å². The molecule has 0 N–H and O–H groups in total. The Morgan fingerprint density at radius 3 is 0.891 bits per heavy atom. The summed E-state index contributed by atoms with van der Waals surface area (Å²) in [7, 11) is -14.7. The minimum Gasteiger partial charge on any atom is -0.219 e. The van der Waals surface area contributed by atoms with Crippen molar-refractivity contribution < 1.29 is 33.7 Å². The standard InChI is InChI=1S/2C24H22Cl2O4S2/c2*25-17-3-7-19(8-4-17)31(27,28)21-13-23-11-1-2-12-24(23,15-21)16-22(14-23)32(29,30)20-9-5-18(26)6-10-20/h3-10,13,16H,1-2,11-12,14-15H2;3-10,13-14H,1-2,11-12,15-16H2/t23-,24+;/m0./s1. The molecule has 0 heterocycles. The Hall–Kier alpha value is -3.20. The van der Waals surface area contributed by atoms with Gasteiger partial charge in [-0.15, -0.1) is 0 Å². The first-order valence-electron chi connectivity index (χ1n) is 21.1. The molecule has 4 aromatic rings. The average Bonchev–Trinajstić information content (AvgIpc) is 3.99. The summed E-state index contributed by atoms with van der Waals surface area (Å²) in [6, 6.07) is 24.8. The molecular weight excluding hydrogens is 975 g/mol. The fourth-order valence-electron chi connectivity index (χ4n) is 11.3. The van der Waals surface area contributed by atoms with Crippen molar-refractivity contribution >= 4 is 85.8 Å². The SMILES string of the molecule is O=S(=O)(C1=CC23C=C(S(=O)(=O)c4ccc(Cl)cc4)CC2(CCCC3)C1)c1ccc(Cl)cc1.O=S(=O)(C1=C[C@]23CCCC[C@]2(C=C(S(=O)(=O)c2ccc(Cl)cc2)C3)C1)c1ccc(Cl)cc1. The second-order valence-electron chi connectivity index (χ2n) is 18.0. The maximum atomic E-state index is 13.4. The molecule has 64 heavy (non-hydrogen) atoms. The van der Waals surface area contributed by atoms with Crippen LogP contribution in [0.3, 0.4) is 0 Å². The van der Waals surface area contributed by atoms with Crippen LogP contribution in [0.2, 0.25) is 20.1 Å². The van der Waals surface area contributed by atoms with Crippen LogP contribution < -0.4 is 0 Å². The first-order chi connectivity index (χ1) is 30.2. The Balaban J connectivity index is 0.000000162. The fraction of sp³-hybridized carbons (Fsp3) is 0.333. The van der Waals surface area contributed by atoms with Crippen molar-refractivity contribution in [3.05, 3.63) is 161 Å². The van der Waals surface area contributed by atoms with Gasteiger partial charge >= 0.3 is 0 Å². The molecule has 0 spiro atoms. The number of hydrogen-bond acceptors (Lipinski definition) is 8. The van der Waals surface area contributed by atoms with Crippen molar-refractivity contribution in [1.29, 1.82) is 0 Å². The van der Waals surface area contributed by atoms with Gasteiger partial charge in [0.15, 0.2) is 0 Å². The predicted octanol–water partition coefficient (Wildman–Crippen LogP) is 12.7. The number of halogens is 4. The summed E-state index contributed by atoms with van der Waals surface area (Å²) in [6.07, 6.45) is 15.7. The van der Waals surface area contributed by atoms with Gasteiger partial charge in [-0.05, 0) is 154 Å². The molecule has 0 aromatic heterocycles. The third kappa shape index (κ3) is 7.60. The molecule has 0 saturated heterocycles. The number of allylic oxidation sites excluding steroid dienone is 8. The van der Waals surface area contributed by atoms with Gasteiger partial charge in [0.25, 0.3) is 0 Å². The van der Waals surface area contributed by atoms with Crippen LogP contribution in [0.5, 0.6) is 0 Å². The molecule has 6 aliphatic rings. The second-order valence-corrected chi connectivity index (χ2v) is 27.8. The molecule has 2 atom stereocenters. The van der Waals surface area contributed by atoms with Crippen LogP contribution in [0, 0.1) is 21.7 Å². The second kappa shape index (κ2) is 16.2. The van der Waals surface area contributed by atoms with E-state index < -0.39 is 61.0 Å². The molecule has 4 aromatic carbocycles. The van der Waals surface area contributed by atoms with Crippen LogP contribution in [0.25, 0.3) is 0 Å². The summed E-state index contributed by atoms with van der Waals surface area (Å²) >= 11 is 23.7. The van der Waals surface area contributed by atoms with E-state index in [1.54, 1.807) is 48.5 Å². The number of benzene rings is 4. The van der Waals surface area contributed by atoms with Crippen molar-refractivity contribution in [2.75, 3.05) is 0 Å². The molecule has 2 fully saturated rings. The summed E-state index contributed by atoms with van der Waals surface area (Å²) in [4.78, 5) is 2.43. The van der Waals surface area contributed by atoms with Gasteiger partial charge in [0.1, 0.15) is 0 Å². The zero-order valence-corrected chi connectivity index (χ0v) is 40.7. The lowest BCUT2D eigenvalue weighted by Crippen LogP contribution is -2.36. The van der Waals surface area contributed by atoms with Crippen LogP contribution in [-0.2, 0) is 39.3 Å². The fourth-order valence-corrected chi connectivity index (χ4v) is 18.3. The van der Waals surface area contributed by atoms with E-state index in [9.17, 15) is 33.7 Å². The normalized spacial score (nSPS) is 27.4. The Morgan fingerprint density at radius 1 is 0.328 bits per heavy atom. The maximum absolute atomic E-state index is 13.4. The lowest BCUT2D eigenvalue weighted by atomic mass is 9.59. The third-order valence-corrected chi connectivity index (χ3v) is 23.0. The van der Waals surface area contributed by atoms with Gasteiger partial charge in [-0.25, -0.2) is 33.7 Å². The van der Waals surface area contributed by atoms with Crippen molar-refractivity contribution in [1.82, 2.24) is 0 Å². The largest absolute Gasteiger partial charge is 0.219 e.